The van der Waals surface area contributed by atoms with Crippen molar-refractivity contribution in [2.75, 3.05) is 20.2 Å². The summed E-state index contributed by atoms with van der Waals surface area (Å²) in [5.74, 6) is 1.23. The van der Waals surface area contributed by atoms with E-state index in [-0.39, 0.29) is 0 Å². The van der Waals surface area contributed by atoms with Crippen molar-refractivity contribution < 1.29 is 4.74 Å². The largest absolute Gasteiger partial charge is 0.495 e. The molecule has 0 amide bonds. The monoisotopic (exact) mass is 231 g/mol. The van der Waals surface area contributed by atoms with E-state index in [4.69, 9.17) is 27.9 Å². The van der Waals surface area contributed by atoms with Gasteiger partial charge in [0, 0.05) is 29.6 Å². The van der Waals surface area contributed by atoms with E-state index in [9.17, 15) is 0 Å². The molecule has 0 radical (unpaired) electrons. The third kappa shape index (κ3) is 1.70. The molecule has 1 aliphatic heterocycles. The average molecular weight is 232 g/mol. The lowest BCUT2D eigenvalue weighted by atomic mass is 9.93. The first-order chi connectivity index (χ1) is 6.72. The first-order valence-corrected chi connectivity index (χ1v) is 5.21. The predicted molar refractivity (Wildman–Crippen MR) is 58.6 cm³/mol. The maximum atomic E-state index is 6.03. The second-order valence-corrected chi connectivity index (χ2v) is 4.21. The Kier molecular flexibility index (Phi) is 2.86. The van der Waals surface area contributed by atoms with Crippen LogP contribution in [-0.4, -0.2) is 20.2 Å². The number of hydrogen-bond donors (Lipinski definition) is 1. The van der Waals surface area contributed by atoms with Gasteiger partial charge in [-0.15, -0.1) is 0 Å². The molecule has 2 nitrogen and oxygen atoms in total. The van der Waals surface area contributed by atoms with Crippen LogP contribution >= 0.6 is 23.2 Å². The summed E-state index contributed by atoms with van der Waals surface area (Å²) in [7, 11) is 1.63. The van der Waals surface area contributed by atoms with E-state index < -0.39 is 0 Å². The quantitative estimate of drug-likeness (QED) is 0.846. The van der Waals surface area contributed by atoms with Gasteiger partial charge in [-0.05, 0) is 12.1 Å². The molecule has 1 heterocycles. The molecule has 0 spiro atoms. The van der Waals surface area contributed by atoms with E-state index in [1.807, 2.05) is 6.07 Å². The molecule has 1 fully saturated rings. The Morgan fingerprint density at radius 2 is 2.07 bits per heavy atom. The van der Waals surface area contributed by atoms with E-state index in [2.05, 4.69) is 5.32 Å². The maximum Gasteiger partial charge on any atom is 0.141 e. The highest BCUT2D eigenvalue weighted by Gasteiger charge is 2.24. The van der Waals surface area contributed by atoms with Crippen LogP contribution in [0.3, 0.4) is 0 Å². The van der Waals surface area contributed by atoms with Gasteiger partial charge in [0.1, 0.15) is 5.75 Å². The zero-order valence-corrected chi connectivity index (χ0v) is 9.32. The van der Waals surface area contributed by atoms with Crippen molar-refractivity contribution in [3.8, 4) is 5.75 Å². The highest BCUT2D eigenvalue weighted by molar-refractivity contribution is 6.35. The van der Waals surface area contributed by atoms with Crippen molar-refractivity contribution in [3.63, 3.8) is 0 Å². The molecule has 4 heteroatoms. The molecule has 1 saturated heterocycles. The van der Waals surface area contributed by atoms with Crippen molar-refractivity contribution in [1.82, 2.24) is 5.32 Å². The third-order valence-electron chi connectivity index (χ3n) is 2.46. The van der Waals surface area contributed by atoms with Gasteiger partial charge in [-0.3, -0.25) is 0 Å². The molecule has 0 aliphatic carbocycles. The maximum absolute atomic E-state index is 6.03. The zero-order chi connectivity index (χ0) is 10.1. The molecule has 0 aromatic heterocycles. The summed E-state index contributed by atoms with van der Waals surface area (Å²) in [5.41, 5.74) is 1.10. The second kappa shape index (κ2) is 3.97. The van der Waals surface area contributed by atoms with Crippen LogP contribution in [0.4, 0.5) is 0 Å². The van der Waals surface area contributed by atoms with Gasteiger partial charge in [-0.1, -0.05) is 23.2 Å². The summed E-state index contributed by atoms with van der Waals surface area (Å²) < 4.78 is 5.27. The molecule has 0 unspecified atom stereocenters. The average Bonchev–Trinajstić information content (AvgIpc) is 1.99. The fraction of sp³-hybridized carbons (Fsp3) is 0.400. The van der Waals surface area contributed by atoms with Gasteiger partial charge in [-0.25, -0.2) is 0 Å². The van der Waals surface area contributed by atoms with E-state index >= 15 is 0 Å². The molecule has 2 rings (SSSR count). The first kappa shape index (κ1) is 10.1. The Morgan fingerprint density at radius 3 is 2.57 bits per heavy atom. The van der Waals surface area contributed by atoms with Crippen LogP contribution in [0, 0.1) is 0 Å². The molecule has 76 valence electrons. The summed E-state index contributed by atoms with van der Waals surface area (Å²) in [5, 5.41) is 4.46. The Labute approximate surface area is 93.2 Å². The van der Waals surface area contributed by atoms with Crippen molar-refractivity contribution in [1.29, 1.82) is 0 Å². The lowest BCUT2D eigenvalue weighted by Crippen LogP contribution is -2.40. The standard InChI is InChI=1S/C10H11Cl2NO/c1-14-10-8(6-4-13-5-6)2-7(11)3-9(10)12/h2-3,6,13H,4-5H2,1H3. The van der Waals surface area contributed by atoms with Gasteiger partial charge in [-0.2, -0.15) is 0 Å². The lowest BCUT2D eigenvalue weighted by molar-refractivity contribution is 0.385. The van der Waals surface area contributed by atoms with Gasteiger partial charge in [0.05, 0.1) is 12.1 Å². The smallest absolute Gasteiger partial charge is 0.141 e. The minimum atomic E-state index is 0.473. The number of ether oxygens (including phenoxy) is 1. The van der Waals surface area contributed by atoms with Crippen molar-refractivity contribution in [2.24, 2.45) is 0 Å². The van der Waals surface area contributed by atoms with Gasteiger partial charge in [0.15, 0.2) is 0 Å². The fourth-order valence-corrected chi connectivity index (χ4v) is 2.19. The number of methoxy groups -OCH3 is 1. The van der Waals surface area contributed by atoms with Gasteiger partial charge < -0.3 is 10.1 Å². The molecule has 1 N–H and O–H groups in total. The summed E-state index contributed by atoms with van der Waals surface area (Å²) in [6.07, 6.45) is 0. The van der Waals surface area contributed by atoms with Crippen LogP contribution in [0.2, 0.25) is 10.0 Å². The van der Waals surface area contributed by atoms with E-state index in [1.165, 1.54) is 0 Å². The highest BCUT2D eigenvalue weighted by atomic mass is 35.5. The second-order valence-electron chi connectivity index (χ2n) is 3.37. The van der Waals surface area contributed by atoms with E-state index in [0.717, 1.165) is 24.4 Å². The summed E-state index contributed by atoms with van der Waals surface area (Å²) >= 11 is 12.0. The summed E-state index contributed by atoms with van der Waals surface area (Å²) in [6.45, 7) is 1.93. The summed E-state index contributed by atoms with van der Waals surface area (Å²) in [4.78, 5) is 0. The molecule has 14 heavy (non-hydrogen) atoms. The summed E-state index contributed by atoms with van der Waals surface area (Å²) in [6, 6.07) is 3.63. The molecular weight excluding hydrogens is 221 g/mol. The SMILES string of the molecule is COc1c(Cl)cc(Cl)cc1C1CNC1. The van der Waals surface area contributed by atoms with Crippen LogP contribution in [0.25, 0.3) is 0 Å². The Hall–Kier alpha value is -0.440. The minimum Gasteiger partial charge on any atom is -0.495 e. The molecule has 0 atom stereocenters. The zero-order valence-electron chi connectivity index (χ0n) is 7.81. The predicted octanol–water partition coefficient (Wildman–Crippen LogP) is 2.69. The van der Waals surface area contributed by atoms with Gasteiger partial charge in [0.2, 0.25) is 0 Å². The molecule has 0 saturated carbocycles. The number of halogens is 2. The Bertz CT molecular complexity index is 350. The molecule has 0 bridgehead atoms. The Balaban J connectivity index is 2.44. The molecule has 1 aliphatic rings. The molecular formula is C10H11Cl2NO. The van der Waals surface area contributed by atoms with Gasteiger partial charge >= 0.3 is 0 Å². The topological polar surface area (TPSA) is 21.3 Å². The van der Waals surface area contributed by atoms with Crippen LogP contribution in [0.15, 0.2) is 12.1 Å². The molecule has 1 aromatic carbocycles. The van der Waals surface area contributed by atoms with E-state index in [1.54, 1.807) is 13.2 Å². The normalized spacial score (nSPS) is 16.5. The number of hydrogen-bond acceptors (Lipinski definition) is 2. The van der Waals surface area contributed by atoms with Gasteiger partial charge in [0.25, 0.3) is 0 Å². The van der Waals surface area contributed by atoms with Crippen molar-refractivity contribution >= 4 is 23.2 Å². The lowest BCUT2D eigenvalue weighted by Gasteiger charge is -2.29. The highest BCUT2D eigenvalue weighted by Crippen LogP contribution is 2.37. The number of nitrogens with one attached hydrogen (secondary N) is 1. The minimum absolute atomic E-state index is 0.473. The number of rotatable bonds is 2. The molecule has 1 aromatic rings. The van der Waals surface area contributed by atoms with Crippen LogP contribution < -0.4 is 10.1 Å². The van der Waals surface area contributed by atoms with Crippen LogP contribution in [0.5, 0.6) is 5.75 Å². The van der Waals surface area contributed by atoms with Crippen LogP contribution in [-0.2, 0) is 0 Å². The van der Waals surface area contributed by atoms with Crippen molar-refractivity contribution in [3.05, 3.63) is 27.7 Å². The Morgan fingerprint density at radius 1 is 1.36 bits per heavy atom. The first-order valence-electron chi connectivity index (χ1n) is 4.46. The fourth-order valence-electron chi connectivity index (χ4n) is 1.61. The third-order valence-corrected chi connectivity index (χ3v) is 2.96. The van der Waals surface area contributed by atoms with E-state index in [0.29, 0.717) is 16.0 Å². The van der Waals surface area contributed by atoms with Crippen molar-refractivity contribution in [2.45, 2.75) is 5.92 Å². The number of benzene rings is 1. The van der Waals surface area contributed by atoms with Crippen LogP contribution in [0.1, 0.15) is 11.5 Å².